The van der Waals surface area contributed by atoms with Crippen LogP contribution >= 0.6 is 23.2 Å². The molecule has 0 aliphatic carbocycles. The summed E-state index contributed by atoms with van der Waals surface area (Å²) < 4.78 is 15.9. The largest absolute Gasteiger partial charge is 0.513 e. The van der Waals surface area contributed by atoms with Gasteiger partial charge in [0.15, 0.2) is 5.82 Å². The molecule has 0 saturated carbocycles. The van der Waals surface area contributed by atoms with E-state index in [0.29, 0.717) is 44.9 Å². The Bertz CT molecular complexity index is 1250. The molecule has 0 fully saturated rings. The summed E-state index contributed by atoms with van der Waals surface area (Å²) in [5, 5.41) is 8.08. The second kappa shape index (κ2) is 9.68. The first-order valence-electron chi connectivity index (χ1n) is 10.1. The maximum Gasteiger partial charge on any atom is 0.513 e. The summed E-state index contributed by atoms with van der Waals surface area (Å²) in [5.74, 6) is 0.468. The van der Waals surface area contributed by atoms with Crippen LogP contribution in [0.3, 0.4) is 0 Å². The minimum absolute atomic E-state index is 0.283. The maximum atomic E-state index is 12.1. The molecule has 3 aromatic rings. The van der Waals surface area contributed by atoms with Gasteiger partial charge >= 0.3 is 6.16 Å². The minimum atomic E-state index is -0.858. The number of hydrogen-bond donors (Lipinski definition) is 1. The van der Waals surface area contributed by atoms with Crippen molar-refractivity contribution in [2.45, 2.75) is 26.2 Å². The van der Waals surface area contributed by atoms with Crippen LogP contribution in [0.15, 0.2) is 70.2 Å². The first-order valence-corrected chi connectivity index (χ1v) is 10.9. The van der Waals surface area contributed by atoms with Gasteiger partial charge in [0.2, 0.25) is 0 Å². The lowest BCUT2D eigenvalue weighted by atomic mass is 9.85. The first-order chi connectivity index (χ1) is 15.9. The van der Waals surface area contributed by atoms with E-state index in [2.05, 4.69) is 15.5 Å². The van der Waals surface area contributed by atoms with Crippen molar-refractivity contribution in [3.8, 4) is 0 Å². The second-order valence-corrected chi connectivity index (χ2v) is 8.25. The fourth-order valence-corrected chi connectivity index (χ4v) is 4.20. The highest BCUT2D eigenvalue weighted by molar-refractivity contribution is 6.42. The number of hydrogen-bond acceptors (Lipinski definition) is 7. The van der Waals surface area contributed by atoms with Gasteiger partial charge in [0.1, 0.15) is 5.76 Å². The number of nitrogens with one attached hydrogen (secondary N) is 1. The molecule has 1 aromatic heterocycles. The van der Waals surface area contributed by atoms with Gasteiger partial charge in [-0.1, -0.05) is 70.8 Å². The molecule has 4 rings (SSSR count). The van der Waals surface area contributed by atoms with Gasteiger partial charge in [-0.3, -0.25) is 0 Å². The van der Waals surface area contributed by atoms with Crippen LogP contribution < -0.4 is 5.32 Å². The Morgan fingerprint density at radius 3 is 2.58 bits per heavy atom. The number of methoxy groups -OCH3 is 1. The summed E-state index contributed by atoms with van der Waals surface area (Å²) in [6.45, 7) is 3.67. The lowest BCUT2D eigenvalue weighted by Gasteiger charge is -2.30. The Morgan fingerprint density at radius 1 is 1.09 bits per heavy atom. The van der Waals surface area contributed by atoms with Gasteiger partial charge in [0, 0.05) is 12.1 Å². The highest BCUT2D eigenvalue weighted by atomic mass is 35.5. The summed E-state index contributed by atoms with van der Waals surface area (Å²) in [5.41, 5.74) is 3.67. The molecular formula is C24H21Cl2N3O4. The normalized spacial score (nSPS) is 16.0. The number of ether oxygens (including phenoxy) is 2. The van der Waals surface area contributed by atoms with Crippen LogP contribution in [0.1, 0.15) is 42.6 Å². The molecule has 2 heterocycles. The van der Waals surface area contributed by atoms with E-state index >= 15 is 0 Å². The Hall–Kier alpha value is -3.29. The molecule has 170 valence electrons. The lowest BCUT2D eigenvalue weighted by molar-refractivity contribution is 0.0928. The number of allylic oxidation sites excluding steroid dienone is 3. The summed E-state index contributed by atoms with van der Waals surface area (Å²) in [7, 11) is 1.24. The molecule has 1 aliphatic rings. The molecule has 0 amide bonds. The molecule has 1 aliphatic heterocycles. The van der Waals surface area contributed by atoms with Gasteiger partial charge in [-0.15, -0.1) is 0 Å². The van der Waals surface area contributed by atoms with Gasteiger partial charge in [0.05, 0.1) is 34.3 Å². The SMILES string of the molecule is COC(=O)OC1=C(C)NC(C)=C(c2nc(Cc3ccccc3)no2)C1c1cccc(Cl)c1Cl. The predicted octanol–water partition coefficient (Wildman–Crippen LogP) is 6.10. The van der Waals surface area contributed by atoms with Crippen LogP contribution in [-0.4, -0.2) is 23.4 Å². The fraction of sp³-hybridized carbons (Fsp3) is 0.208. The first kappa shape index (κ1) is 22.9. The van der Waals surface area contributed by atoms with Crippen molar-refractivity contribution >= 4 is 34.9 Å². The third-order valence-electron chi connectivity index (χ3n) is 5.26. The zero-order chi connectivity index (χ0) is 23.5. The Kier molecular flexibility index (Phi) is 6.72. The van der Waals surface area contributed by atoms with Crippen molar-refractivity contribution in [3.05, 3.63) is 98.6 Å². The van der Waals surface area contributed by atoms with Crippen LogP contribution in [0.4, 0.5) is 4.79 Å². The minimum Gasteiger partial charge on any atom is -0.437 e. The quantitative estimate of drug-likeness (QED) is 0.436. The van der Waals surface area contributed by atoms with Crippen LogP contribution in [0, 0.1) is 0 Å². The van der Waals surface area contributed by atoms with E-state index in [4.69, 9.17) is 37.2 Å². The standard InChI is InChI=1S/C24H21Cl2N3O4/c1-13-19(23-28-18(29-33-23)12-15-8-5-4-6-9-15)20(16-10-7-11-17(25)21(16)26)22(14(2)27-13)32-24(30)31-3/h4-11,20,27H,12H2,1-3H3. The molecule has 0 spiro atoms. The predicted molar refractivity (Wildman–Crippen MR) is 125 cm³/mol. The van der Waals surface area contributed by atoms with Crippen molar-refractivity contribution in [3.63, 3.8) is 0 Å². The van der Waals surface area contributed by atoms with Gasteiger partial charge in [-0.25, -0.2) is 4.79 Å². The van der Waals surface area contributed by atoms with E-state index in [0.717, 1.165) is 11.3 Å². The van der Waals surface area contributed by atoms with Gasteiger partial charge in [0.25, 0.3) is 5.89 Å². The van der Waals surface area contributed by atoms with Crippen LogP contribution in [0.25, 0.3) is 5.57 Å². The second-order valence-electron chi connectivity index (χ2n) is 7.46. The highest BCUT2D eigenvalue weighted by Gasteiger charge is 2.37. The third-order valence-corrected chi connectivity index (χ3v) is 6.09. The highest BCUT2D eigenvalue weighted by Crippen LogP contribution is 2.46. The number of nitrogens with zero attached hydrogens (tertiary/aromatic N) is 2. The third kappa shape index (κ3) is 4.74. The molecule has 1 unspecified atom stereocenters. The van der Waals surface area contributed by atoms with E-state index in [1.165, 1.54) is 7.11 Å². The summed E-state index contributed by atoms with van der Waals surface area (Å²) in [4.78, 5) is 16.7. The van der Waals surface area contributed by atoms with E-state index in [1.807, 2.05) is 43.3 Å². The topological polar surface area (TPSA) is 86.5 Å². The monoisotopic (exact) mass is 485 g/mol. The number of rotatable bonds is 5. The molecule has 0 saturated heterocycles. The lowest BCUT2D eigenvalue weighted by Crippen LogP contribution is -2.26. The van der Waals surface area contributed by atoms with Crippen molar-refractivity contribution in [1.82, 2.24) is 15.5 Å². The number of carbonyl (C=O) groups is 1. The van der Waals surface area contributed by atoms with E-state index in [-0.39, 0.29) is 5.89 Å². The van der Waals surface area contributed by atoms with Gasteiger partial charge in [-0.05, 0) is 31.0 Å². The van der Waals surface area contributed by atoms with E-state index < -0.39 is 12.1 Å². The molecular weight excluding hydrogens is 465 g/mol. The van der Waals surface area contributed by atoms with E-state index in [9.17, 15) is 4.79 Å². The van der Waals surface area contributed by atoms with E-state index in [1.54, 1.807) is 19.1 Å². The van der Waals surface area contributed by atoms with Crippen molar-refractivity contribution in [1.29, 1.82) is 0 Å². The molecule has 1 N–H and O–H groups in total. The molecule has 33 heavy (non-hydrogen) atoms. The fourth-order valence-electron chi connectivity index (χ4n) is 3.78. The molecule has 9 heteroatoms. The van der Waals surface area contributed by atoms with Gasteiger partial charge < -0.3 is 19.3 Å². The summed E-state index contributed by atoms with van der Waals surface area (Å²) >= 11 is 12.9. The average Bonchev–Trinajstić information content (AvgIpc) is 3.25. The summed E-state index contributed by atoms with van der Waals surface area (Å²) in [6, 6.07) is 15.1. The molecule has 2 aromatic carbocycles. The molecule has 0 bridgehead atoms. The van der Waals surface area contributed by atoms with Crippen LogP contribution in [0.2, 0.25) is 10.0 Å². The van der Waals surface area contributed by atoms with Crippen molar-refractivity contribution in [2.75, 3.05) is 7.11 Å². The van der Waals surface area contributed by atoms with Gasteiger partial charge in [-0.2, -0.15) is 4.98 Å². The van der Waals surface area contributed by atoms with Crippen LogP contribution in [-0.2, 0) is 15.9 Å². The zero-order valence-electron chi connectivity index (χ0n) is 18.2. The smallest absolute Gasteiger partial charge is 0.437 e. The zero-order valence-corrected chi connectivity index (χ0v) is 19.7. The number of halogens is 2. The summed E-state index contributed by atoms with van der Waals surface area (Å²) in [6.07, 6.45) is -0.351. The maximum absolute atomic E-state index is 12.1. The number of carbonyl (C=O) groups excluding carboxylic acids is 1. The average molecular weight is 486 g/mol. The molecule has 1 atom stereocenters. The van der Waals surface area contributed by atoms with Crippen LogP contribution in [0.5, 0.6) is 0 Å². The Morgan fingerprint density at radius 2 is 1.85 bits per heavy atom. The number of dihydropyridines is 1. The Labute approximate surface area is 201 Å². The Balaban J connectivity index is 1.80. The molecule has 7 nitrogen and oxygen atoms in total. The van der Waals surface area contributed by atoms with Crippen molar-refractivity contribution in [2.24, 2.45) is 0 Å². The number of aromatic nitrogens is 2. The van der Waals surface area contributed by atoms with Crippen molar-refractivity contribution < 1.29 is 18.8 Å². The number of benzene rings is 2. The molecule has 0 radical (unpaired) electrons.